The van der Waals surface area contributed by atoms with Crippen molar-refractivity contribution in [2.45, 2.75) is 6.54 Å². The van der Waals surface area contributed by atoms with Crippen molar-refractivity contribution >= 4 is 23.3 Å². The molecule has 8 heteroatoms. The molecule has 0 bridgehead atoms. The first-order valence-electron chi connectivity index (χ1n) is 6.31. The number of amides is 2. The summed E-state index contributed by atoms with van der Waals surface area (Å²) in [5, 5.41) is 2.03. The van der Waals surface area contributed by atoms with Gasteiger partial charge in [-0.15, -0.1) is 0 Å². The zero-order valence-corrected chi connectivity index (χ0v) is 12.5. The summed E-state index contributed by atoms with van der Waals surface area (Å²) in [5.41, 5.74) is 0.698. The average molecular weight is 319 g/mol. The van der Waals surface area contributed by atoms with E-state index in [0.717, 1.165) is 17.1 Å². The van der Waals surface area contributed by atoms with Crippen LogP contribution >= 0.6 is 11.5 Å². The second-order valence-electron chi connectivity index (χ2n) is 4.40. The van der Waals surface area contributed by atoms with Gasteiger partial charge >= 0.3 is 10.6 Å². The summed E-state index contributed by atoms with van der Waals surface area (Å²) in [5.74, 6) is -0.657. The fourth-order valence-electron chi connectivity index (χ4n) is 1.71. The highest BCUT2D eigenvalue weighted by molar-refractivity contribution is 7.03. The summed E-state index contributed by atoms with van der Waals surface area (Å²) in [7, 11) is 1.59. The molecule has 0 unspecified atom stereocenters. The third-order valence-corrected chi connectivity index (χ3v) is 3.56. The van der Waals surface area contributed by atoms with Crippen LogP contribution in [0.2, 0.25) is 0 Å². The number of hydrogen-bond donors (Lipinski definition) is 1. The van der Waals surface area contributed by atoms with Crippen molar-refractivity contribution in [1.82, 2.24) is 13.8 Å². The summed E-state index contributed by atoms with van der Waals surface area (Å²) >= 11 is 0.927. The van der Waals surface area contributed by atoms with E-state index in [2.05, 4.69) is 0 Å². The van der Waals surface area contributed by atoms with Crippen molar-refractivity contribution in [1.29, 1.82) is 0 Å². The average Bonchev–Trinajstić information content (AvgIpc) is 2.98. The summed E-state index contributed by atoms with van der Waals surface area (Å²) in [6.45, 7) is 0.343. The Hall–Kier alpha value is -2.74. The van der Waals surface area contributed by atoms with E-state index in [0.29, 0.717) is 6.54 Å². The largest absolute Gasteiger partial charge is 0.341 e. The van der Waals surface area contributed by atoms with Gasteiger partial charge in [0.1, 0.15) is 0 Å². The minimum absolute atomic E-state index is 0.216. The zero-order valence-electron chi connectivity index (χ0n) is 11.7. The molecule has 0 fully saturated rings. The van der Waals surface area contributed by atoms with Crippen LogP contribution in [0.15, 0.2) is 52.1 Å². The quantitative estimate of drug-likeness (QED) is 0.780. The molecule has 0 saturated carbocycles. The van der Waals surface area contributed by atoms with E-state index < -0.39 is 0 Å². The number of aromatic nitrogens is 2. The van der Waals surface area contributed by atoms with E-state index in [1.807, 2.05) is 35.6 Å². The SMILES string of the molecule is Cn1sc(=O)n(Cc2ccccc2)c1=O.O=C1C=CC(=O)N1. The predicted molar refractivity (Wildman–Crippen MR) is 81.7 cm³/mol. The molecule has 1 aromatic carbocycles. The van der Waals surface area contributed by atoms with Crippen LogP contribution < -0.4 is 15.9 Å². The molecule has 0 radical (unpaired) electrons. The number of nitrogens with one attached hydrogen (secondary N) is 1. The lowest BCUT2D eigenvalue weighted by Gasteiger charge is -1.98. The smallest absolute Gasteiger partial charge is 0.289 e. The van der Waals surface area contributed by atoms with Crippen LogP contribution in [0.1, 0.15) is 5.56 Å². The first kappa shape index (κ1) is 15.6. The molecule has 2 aromatic rings. The molecule has 1 aliphatic rings. The van der Waals surface area contributed by atoms with E-state index in [9.17, 15) is 19.2 Å². The number of rotatable bonds is 2. The molecule has 22 heavy (non-hydrogen) atoms. The van der Waals surface area contributed by atoms with Gasteiger partial charge in [-0.1, -0.05) is 30.3 Å². The number of nitrogens with zero attached hydrogens (tertiary/aromatic N) is 2. The number of carbonyl (C=O) groups is 2. The molecule has 2 amide bonds. The Bertz CT molecular complexity index is 814. The molecule has 1 aromatic heterocycles. The first-order valence-corrected chi connectivity index (χ1v) is 7.09. The zero-order chi connectivity index (χ0) is 16.1. The monoisotopic (exact) mass is 319 g/mol. The van der Waals surface area contributed by atoms with Gasteiger partial charge in [-0.05, 0) is 5.56 Å². The highest BCUT2D eigenvalue weighted by Gasteiger charge is 2.07. The van der Waals surface area contributed by atoms with Crippen LogP contribution in [0.5, 0.6) is 0 Å². The Labute approximate surface area is 129 Å². The molecule has 3 rings (SSSR count). The second-order valence-corrected chi connectivity index (χ2v) is 5.48. The number of aryl methyl sites for hydroxylation is 1. The Morgan fingerprint density at radius 1 is 1.00 bits per heavy atom. The van der Waals surface area contributed by atoms with Gasteiger partial charge in [0.05, 0.1) is 6.54 Å². The molecule has 0 atom stereocenters. The lowest BCUT2D eigenvalue weighted by Crippen LogP contribution is -2.28. The van der Waals surface area contributed by atoms with Crippen molar-refractivity contribution < 1.29 is 9.59 Å². The number of hydrogen-bond acceptors (Lipinski definition) is 5. The van der Waals surface area contributed by atoms with Crippen molar-refractivity contribution in [2.75, 3.05) is 0 Å². The van der Waals surface area contributed by atoms with Crippen LogP contribution in [0, 0.1) is 0 Å². The fraction of sp³-hybridized carbons (Fsp3) is 0.143. The summed E-state index contributed by atoms with van der Waals surface area (Å²) < 4.78 is 2.57. The molecule has 1 N–H and O–H groups in total. The van der Waals surface area contributed by atoms with Crippen LogP contribution in [-0.2, 0) is 23.2 Å². The van der Waals surface area contributed by atoms with Crippen LogP contribution in [0.3, 0.4) is 0 Å². The molecule has 0 spiro atoms. The Morgan fingerprint density at radius 2 is 1.59 bits per heavy atom. The fourth-order valence-corrected chi connectivity index (χ4v) is 2.36. The maximum atomic E-state index is 11.5. The van der Waals surface area contributed by atoms with Crippen molar-refractivity contribution in [3.05, 3.63) is 68.2 Å². The third kappa shape index (κ3) is 3.89. The topological polar surface area (TPSA) is 90.2 Å². The van der Waals surface area contributed by atoms with Crippen molar-refractivity contribution in [3.63, 3.8) is 0 Å². The summed E-state index contributed by atoms with van der Waals surface area (Å²) in [6.07, 6.45) is 2.39. The van der Waals surface area contributed by atoms with Gasteiger partial charge in [0, 0.05) is 30.7 Å². The van der Waals surface area contributed by atoms with E-state index in [1.165, 1.54) is 20.7 Å². The molecule has 0 saturated heterocycles. The molecular formula is C14H13N3O4S. The lowest BCUT2D eigenvalue weighted by atomic mass is 10.2. The van der Waals surface area contributed by atoms with Gasteiger partial charge in [-0.25, -0.2) is 13.3 Å². The van der Waals surface area contributed by atoms with Crippen molar-refractivity contribution in [2.24, 2.45) is 7.05 Å². The van der Waals surface area contributed by atoms with E-state index in [1.54, 1.807) is 7.05 Å². The normalized spacial score (nSPS) is 12.8. The van der Waals surface area contributed by atoms with Gasteiger partial charge in [-0.3, -0.25) is 19.7 Å². The van der Waals surface area contributed by atoms with Gasteiger partial charge in [-0.2, -0.15) is 0 Å². The lowest BCUT2D eigenvalue weighted by molar-refractivity contribution is -0.123. The van der Waals surface area contributed by atoms with E-state index >= 15 is 0 Å². The second kappa shape index (κ2) is 6.81. The number of imide groups is 1. The van der Waals surface area contributed by atoms with Gasteiger partial charge < -0.3 is 0 Å². The molecule has 7 nitrogen and oxygen atoms in total. The summed E-state index contributed by atoms with van der Waals surface area (Å²) in [6, 6.07) is 9.46. The van der Waals surface area contributed by atoms with E-state index in [4.69, 9.17) is 0 Å². The standard InChI is InChI=1S/C10H10N2O2S.C4H3NO2/c1-11-9(13)12(10(14)15-11)7-8-5-3-2-4-6-8;6-3-1-2-4(7)5-3/h2-6H,7H2,1H3;1-2H,(H,5,6,7). The highest BCUT2D eigenvalue weighted by Crippen LogP contribution is 1.99. The Balaban J connectivity index is 0.000000211. The third-order valence-electron chi connectivity index (χ3n) is 2.75. The minimum atomic E-state index is -0.329. The molecule has 2 heterocycles. The van der Waals surface area contributed by atoms with E-state index in [-0.39, 0.29) is 22.4 Å². The molecular weight excluding hydrogens is 306 g/mol. The maximum Gasteiger partial charge on any atom is 0.341 e. The van der Waals surface area contributed by atoms with Gasteiger partial charge in [0.15, 0.2) is 0 Å². The minimum Gasteiger partial charge on any atom is -0.289 e. The Morgan fingerprint density at radius 3 is 2.00 bits per heavy atom. The van der Waals surface area contributed by atoms with Crippen molar-refractivity contribution in [3.8, 4) is 0 Å². The number of carbonyl (C=O) groups excluding carboxylic acids is 2. The van der Waals surface area contributed by atoms with Crippen LogP contribution in [0.4, 0.5) is 0 Å². The molecule has 1 aliphatic heterocycles. The first-order chi connectivity index (χ1) is 10.5. The maximum absolute atomic E-state index is 11.5. The number of benzene rings is 1. The molecule has 114 valence electrons. The highest BCUT2D eigenvalue weighted by atomic mass is 32.1. The Kier molecular flexibility index (Phi) is 4.84. The van der Waals surface area contributed by atoms with Gasteiger partial charge in [0.2, 0.25) is 0 Å². The predicted octanol–water partition coefficient (Wildman–Crippen LogP) is -0.144. The van der Waals surface area contributed by atoms with Gasteiger partial charge in [0.25, 0.3) is 11.8 Å². The van der Waals surface area contributed by atoms with Crippen LogP contribution in [-0.4, -0.2) is 20.3 Å². The summed E-state index contributed by atoms with van der Waals surface area (Å²) in [4.78, 5) is 42.8. The molecule has 0 aliphatic carbocycles. The van der Waals surface area contributed by atoms with Crippen LogP contribution in [0.25, 0.3) is 0 Å².